The van der Waals surface area contributed by atoms with Crippen molar-refractivity contribution in [2.24, 2.45) is 0 Å². The molecule has 1 amide bonds. The molecule has 1 unspecified atom stereocenters. The van der Waals surface area contributed by atoms with E-state index in [9.17, 15) is 26.4 Å². The molecule has 3 rings (SSSR count). The summed E-state index contributed by atoms with van der Waals surface area (Å²) in [4.78, 5) is 12.8. The van der Waals surface area contributed by atoms with Gasteiger partial charge in [-0.05, 0) is 62.2 Å². The fourth-order valence-electron chi connectivity index (χ4n) is 4.06. The maximum atomic E-state index is 13.7. The van der Waals surface area contributed by atoms with E-state index in [-0.39, 0.29) is 22.1 Å². The van der Waals surface area contributed by atoms with Crippen LogP contribution in [0.25, 0.3) is 0 Å². The zero-order valence-corrected chi connectivity index (χ0v) is 22.4. The van der Waals surface area contributed by atoms with Crippen LogP contribution in [0.1, 0.15) is 35.2 Å². The quantitative estimate of drug-likeness (QED) is 0.385. The van der Waals surface area contributed by atoms with Gasteiger partial charge >= 0.3 is 6.18 Å². The maximum Gasteiger partial charge on any atom is 0.416 e. The Bertz CT molecular complexity index is 1420. The van der Waals surface area contributed by atoms with Gasteiger partial charge in [0, 0.05) is 6.07 Å². The minimum Gasteiger partial charge on any atom is -0.493 e. The van der Waals surface area contributed by atoms with E-state index in [2.05, 4.69) is 5.32 Å². The topological polar surface area (TPSA) is 84.9 Å². The van der Waals surface area contributed by atoms with Gasteiger partial charge in [0.05, 0.1) is 36.4 Å². The van der Waals surface area contributed by atoms with E-state index in [1.165, 1.54) is 38.5 Å². The molecule has 0 aliphatic heterocycles. The number of ether oxygens (including phenoxy) is 2. The Kier molecular flexibility index (Phi) is 8.61. The highest BCUT2D eigenvalue weighted by Gasteiger charge is 2.34. The van der Waals surface area contributed by atoms with E-state index in [1.54, 1.807) is 6.92 Å². The molecule has 0 saturated carbocycles. The van der Waals surface area contributed by atoms with Crippen LogP contribution in [-0.4, -0.2) is 35.1 Å². The number of hydrogen-bond acceptors (Lipinski definition) is 5. The third-order valence-corrected chi connectivity index (χ3v) is 7.73. The standard InChI is InChI=1S/C27H29F3N2O5S/c1-17-9-11-23(18(2)13-17)19(3)31-26(33)16-32(21-8-6-7-20(14-21)27(28,29)30)38(34,35)22-10-12-24(36-4)25(15-22)37-5/h6-15,19H,16H2,1-5H3,(H,31,33). The van der Waals surface area contributed by atoms with Crippen LogP contribution in [0.4, 0.5) is 18.9 Å². The monoisotopic (exact) mass is 550 g/mol. The molecule has 0 heterocycles. The number of benzene rings is 3. The number of sulfonamides is 1. The van der Waals surface area contributed by atoms with Gasteiger partial charge in [-0.25, -0.2) is 8.42 Å². The van der Waals surface area contributed by atoms with E-state index < -0.39 is 40.3 Å². The van der Waals surface area contributed by atoms with Gasteiger partial charge in [0.1, 0.15) is 6.54 Å². The minimum absolute atomic E-state index is 0.102. The summed E-state index contributed by atoms with van der Waals surface area (Å²) in [6.45, 7) is 4.81. The summed E-state index contributed by atoms with van der Waals surface area (Å²) >= 11 is 0. The number of methoxy groups -OCH3 is 2. The zero-order chi connectivity index (χ0) is 28.3. The molecule has 3 aromatic carbocycles. The maximum absolute atomic E-state index is 13.7. The Hall–Kier alpha value is -3.73. The number of nitrogens with zero attached hydrogens (tertiary/aromatic N) is 1. The summed E-state index contributed by atoms with van der Waals surface area (Å²) < 4.78 is 78.7. The highest BCUT2D eigenvalue weighted by Crippen LogP contribution is 2.35. The summed E-state index contributed by atoms with van der Waals surface area (Å²) in [6.07, 6.45) is -4.71. The van der Waals surface area contributed by atoms with Gasteiger partial charge in [-0.2, -0.15) is 13.2 Å². The molecular weight excluding hydrogens is 521 g/mol. The SMILES string of the molecule is COc1ccc(S(=O)(=O)N(CC(=O)NC(C)c2ccc(C)cc2C)c2cccc(C(F)(F)F)c2)cc1OC. The second-order valence-electron chi connectivity index (χ2n) is 8.73. The third-order valence-electron chi connectivity index (χ3n) is 5.96. The van der Waals surface area contributed by atoms with Crippen LogP contribution in [0, 0.1) is 13.8 Å². The molecule has 0 fully saturated rings. The van der Waals surface area contributed by atoms with Gasteiger partial charge in [-0.3, -0.25) is 9.10 Å². The molecule has 0 bridgehead atoms. The summed E-state index contributed by atoms with van der Waals surface area (Å²) in [5, 5.41) is 2.75. The van der Waals surface area contributed by atoms with Gasteiger partial charge in [0.2, 0.25) is 5.91 Å². The van der Waals surface area contributed by atoms with E-state index >= 15 is 0 Å². The molecule has 1 N–H and O–H groups in total. The van der Waals surface area contributed by atoms with Crippen LogP contribution in [-0.2, 0) is 21.0 Å². The second kappa shape index (κ2) is 11.3. The number of alkyl halides is 3. The lowest BCUT2D eigenvalue weighted by atomic mass is 10.0. The fourth-order valence-corrected chi connectivity index (χ4v) is 5.49. The van der Waals surface area contributed by atoms with E-state index in [0.29, 0.717) is 10.4 Å². The van der Waals surface area contributed by atoms with Gasteiger partial charge in [0.15, 0.2) is 11.5 Å². The number of rotatable bonds is 9. The summed E-state index contributed by atoms with van der Waals surface area (Å²) in [7, 11) is -1.82. The Balaban J connectivity index is 2.02. The van der Waals surface area contributed by atoms with Gasteiger partial charge in [0.25, 0.3) is 10.0 Å². The number of carbonyl (C=O) groups is 1. The predicted octanol–water partition coefficient (Wildman–Crippen LogP) is 5.41. The van der Waals surface area contributed by atoms with Crippen molar-refractivity contribution in [1.82, 2.24) is 5.32 Å². The van der Waals surface area contributed by atoms with Crippen molar-refractivity contribution < 1.29 is 35.9 Å². The van der Waals surface area contributed by atoms with Crippen LogP contribution in [0.15, 0.2) is 65.6 Å². The van der Waals surface area contributed by atoms with E-state index in [1.807, 2.05) is 32.0 Å². The average Bonchev–Trinajstić information content (AvgIpc) is 2.86. The molecule has 0 aliphatic rings. The summed E-state index contributed by atoms with van der Waals surface area (Å²) in [5.41, 5.74) is 1.44. The first kappa shape index (κ1) is 28.8. The first-order valence-corrected chi connectivity index (χ1v) is 13.0. The Labute approximate surface area is 220 Å². The Morgan fingerprint density at radius 3 is 2.26 bits per heavy atom. The number of halogens is 3. The van der Waals surface area contributed by atoms with Crippen molar-refractivity contribution in [2.75, 3.05) is 25.1 Å². The molecule has 0 aliphatic carbocycles. The van der Waals surface area contributed by atoms with Crippen LogP contribution >= 0.6 is 0 Å². The second-order valence-corrected chi connectivity index (χ2v) is 10.6. The highest BCUT2D eigenvalue weighted by atomic mass is 32.2. The predicted molar refractivity (Wildman–Crippen MR) is 138 cm³/mol. The highest BCUT2D eigenvalue weighted by molar-refractivity contribution is 7.92. The van der Waals surface area contributed by atoms with Crippen molar-refractivity contribution in [3.8, 4) is 11.5 Å². The van der Waals surface area contributed by atoms with Crippen LogP contribution in [0.2, 0.25) is 0 Å². The smallest absolute Gasteiger partial charge is 0.416 e. The lowest BCUT2D eigenvalue weighted by Gasteiger charge is -2.26. The molecule has 0 spiro atoms. The Morgan fingerprint density at radius 1 is 0.974 bits per heavy atom. The first-order valence-electron chi connectivity index (χ1n) is 11.6. The summed E-state index contributed by atoms with van der Waals surface area (Å²) in [5.74, 6) is -0.332. The fraction of sp³-hybridized carbons (Fsp3) is 0.296. The van der Waals surface area contributed by atoms with Crippen LogP contribution in [0.5, 0.6) is 11.5 Å². The number of anilines is 1. The molecule has 1 atom stereocenters. The first-order chi connectivity index (χ1) is 17.8. The van der Waals surface area contributed by atoms with Gasteiger partial charge < -0.3 is 14.8 Å². The van der Waals surface area contributed by atoms with Crippen LogP contribution < -0.4 is 19.1 Å². The largest absolute Gasteiger partial charge is 0.493 e. The van der Waals surface area contributed by atoms with Crippen molar-refractivity contribution in [1.29, 1.82) is 0 Å². The number of carbonyl (C=O) groups excluding carboxylic acids is 1. The molecule has 0 saturated heterocycles. The van der Waals surface area contributed by atoms with Crippen molar-refractivity contribution in [3.63, 3.8) is 0 Å². The lowest BCUT2D eigenvalue weighted by Crippen LogP contribution is -2.41. The summed E-state index contributed by atoms with van der Waals surface area (Å²) in [6, 6.07) is 12.8. The van der Waals surface area contributed by atoms with Gasteiger partial charge in [-0.15, -0.1) is 0 Å². The van der Waals surface area contributed by atoms with Crippen molar-refractivity contribution in [3.05, 3.63) is 82.9 Å². The number of nitrogens with one attached hydrogen (secondary N) is 1. The molecule has 11 heteroatoms. The Morgan fingerprint density at radius 2 is 1.66 bits per heavy atom. The molecular formula is C27H29F3N2O5S. The molecule has 0 radical (unpaired) electrons. The molecule has 3 aromatic rings. The van der Waals surface area contributed by atoms with Crippen molar-refractivity contribution in [2.45, 2.75) is 37.9 Å². The normalized spacial score (nSPS) is 12.5. The minimum atomic E-state index is -4.71. The number of amides is 1. The third kappa shape index (κ3) is 6.39. The van der Waals surface area contributed by atoms with Gasteiger partial charge in [-0.1, -0.05) is 29.8 Å². The molecule has 7 nitrogen and oxygen atoms in total. The number of hydrogen-bond donors (Lipinski definition) is 1. The van der Waals surface area contributed by atoms with Crippen LogP contribution in [0.3, 0.4) is 0 Å². The number of aryl methyl sites for hydroxylation is 2. The molecule has 0 aromatic heterocycles. The van der Waals surface area contributed by atoms with Crippen molar-refractivity contribution >= 4 is 21.6 Å². The van der Waals surface area contributed by atoms with E-state index in [0.717, 1.165) is 28.8 Å². The molecule has 204 valence electrons. The average molecular weight is 551 g/mol. The molecule has 38 heavy (non-hydrogen) atoms. The zero-order valence-electron chi connectivity index (χ0n) is 21.6. The van der Waals surface area contributed by atoms with E-state index in [4.69, 9.17) is 9.47 Å². The lowest BCUT2D eigenvalue weighted by molar-refractivity contribution is -0.137.